The zero-order chi connectivity index (χ0) is 11.4. The Morgan fingerprint density at radius 3 is 3.06 bits per heavy atom. The van der Waals surface area contributed by atoms with Crippen molar-refractivity contribution in [2.45, 2.75) is 19.5 Å². The Kier molecular flexibility index (Phi) is 3.05. The van der Waals surface area contributed by atoms with Gasteiger partial charge in [0, 0.05) is 36.4 Å². The van der Waals surface area contributed by atoms with Gasteiger partial charge in [-0.05, 0) is 19.1 Å². The summed E-state index contributed by atoms with van der Waals surface area (Å²) in [6.07, 6.45) is 5.41. The molecule has 0 radical (unpaired) electrons. The van der Waals surface area contributed by atoms with Crippen LogP contribution >= 0.6 is 0 Å². The maximum atomic E-state index is 5.60. The predicted molar refractivity (Wildman–Crippen MR) is 64.0 cm³/mol. The van der Waals surface area contributed by atoms with Crippen molar-refractivity contribution in [2.75, 3.05) is 11.1 Å². The molecule has 16 heavy (non-hydrogen) atoms. The first-order chi connectivity index (χ1) is 7.74. The van der Waals surface area contributed by atoms with Crippen molar-refractivity contribution in [3.63, 3.8) is 0 Å². The Balaban J connectivity index is 1.94. The van der Waals surface area contributed by atoms with Crippen molar-refractivity contribution in [1.29, 1.82) is 0 Å². The van der Waals surface area contributed by atoms with Crippen molar-refractivity contribution in [1.82, 2.24) is 14.8 Å². The Morgan fingerprint density at radius 2 is 2.38 bits per heavy atom. The van der Waals surface area contributed by atoms with Gasteiger partial charge in [0.25, 0.3) is 0 Å². The van der Waals surface area contributed by atoms with E-state index in [0.29, 0.717) is 5.82 Å². The van der Waals surface area contributed by atoms with Gasteiger partial charge in [-0.2, -0.15) is 5.10 Å². The second kappa shape index (κ2) is 4.65. The molecule has 0 aliphatic heterocycles. The normalized spacial score (nSPS) is 12.3. The Hall–Kier alpha value is -2.04. The molecule has 1 unspecified atom stereocenters. The molecule has 2 aromatic rings. The molecule has 5 heteroatoms. The second-order valence-corrected chi connectivity index (χ2v) is 3.74. The van der Waals surface area contributed by atoms with E-state index >= 15 is 0 Å². The number of rotatable bonds is 4. The van der Waals surface area contributed by atoms with Crippen molar-refractivity contribution < 1.29 is 0 Å². The molecule has 0 amide bonds. The standard InChI is InChI=1S/C11H15N5/c1-9(8-16-6-2-4-14-16)15-10-3-5-13-11(12)7-10/h2-7,9H,8H2,1H3,(H3,12,13,15). The summed E-state index contributed by atoms with van der Waals surface area (Å²) in [5.41, 5.74) is 6.58. The third-order valence-electron chi connectivity index (χ3n) is 2.21. The lowest BCUT2D eigenvalue weighted by atomic mass is 10.3. The van der Waals surface area contributed by atoms with E-state index in [-0.39, 0.29) is 6.04 Å². The molecule has 3 N–H and O–H groups in total. The number of nitrogens with zero attached hydrogens (tertiary/aromatic N) is 3. The van der Waals surface area contributed by atoms with E-state index < -0.39 is 0 Å². The van der Waals surface area contributed by atoms with Crippen LogP contribution in [-0.4, -0.2) is 20.8 Å². The largest absolute Gasteiger partial charge is 0.384 e. The van der Waals surface area contributed by atoms with E-state index in [1.807, 2.05) is 29.1 Å². The molecule has 2 rings (SSSR count). The fraction of sp³-hybridized carbons (Fsp3) is 0.273. The predicted octanol–water partition coefficient (Wildman–Crippen LogP) is 1.36. The van der Waals surface area contributed by atoms with E-state index in [9.17, 15) is 0 Å². The number of hydrogen-bond acceptors (Lipinski definition) is 4. The van der Waals surface area contributed by atoms with Gasteiger partial charge in [0.15, 0.2) is 0 Å². The van der Waals surface area contributed by atoms with Crippen LogP contribution in [0.5, 0.6) is 0 Å². The van der Waals surface area contributed by atoms with Crippen LogP contribution in [0.15, 0.2) is 36.8 Å². The van der Waals surface area contributed by atoms with Crippen molar-refractivity contribution >= 4 is 11.5 Å². The maximum absolute atomic E-state index is 5.60. The van der Waals surface area contributed by atoms with Gasteiger partial charge < -0.3 is 11.1 Å². The summed E-state index contributed by atoms with van der Waals surface area (Å²) in [6.45, 7) is 2.91. The molecular weight excluding hydrogens is 202 g/mol. The van der Waals surface area contributed by atoms with Crippen LogP contribution in [0.2, 0.25) is 0 Å². The van der Waals surface area contributed by atoms with Gasteiger partial charge in [0.1, 0.15) is 5.82 Å². The number of nitrogens with two attached hydrogens (primary N) is 1. The van der Waals surface area contributed by atoms with Crippen molar-refractivity contribution in [3.8, 4) is 0 Å². The van der Waals surface area contributed by atoms with Gasteiger partial charge in [0.2, 0.25) is 0 Å². The average molecular weight is 217 g/mol. The zero-order valence-electron chi connectivity index (χ0n) is 9.17. The molecular formula is C11H15N5. The monoisotopic (exact) mass is 217 g/mol. The number of pyridine rings is 1. The Morgan fingerprint density at radius 1 is 1.50 bits per heavy atom. The van der Waals surface area contributed by atoms with E-state index in [4.69, 9.17) is 5.73 Å². The molecule has 0 saturated carbocycles. The molecule has 0 saturated heterocycles. The number of nitrogen functional groups attached to an aromatic ring is 1. The molecule has 0 bridgehead atoms. The van der Waals surface area contributed by atoms with Gasteiger partial charge in [-0.3, -0.25) is 4.68 Å². The van der Waals surface area contributed by atoms with Gasteiger partial charge in [-0.15, -0.1) is 0 Å². The molecule has 0 fully saturated rings. The minimum absolute atomic E-state index is 0.279. The molecule has 1 atom stereocenters. The van der Waals surface area contributed by atoms with E-state index in [2.05, 4.69) is 22.3 Å². The Labute approximate surface area is 94.3 Å². The van der Waals surface area contributed by atoms with E-state index in [0.717, 1.165) is 12.2 Å². The van der Waals surface area contributed by atoms with Crippen LogP contribution < -0.4 is 11.1 Å². The first kappa shape index (κ1) is 10.5. The molecule has 5 nitrogen and oxygen atoms in total. The summed E-state index contributed by atoms with van der Waals surface area (Å²) >= 11 is 0. The molecule has 0 spiro atoms. The van der Waals surface area contributed by atoms with Gasteiger partial charge >= 0.3 is 0 Å². The topological polar surface area (TPSA) is 68.8 Å². The second-order valence-electron chi connectivity index (χ2n) is 3.74. The first-order valence-corrected chi connectivity index (χ1v) is 5.19. The van der Waals surface area contributed by atoms with Crippen LogP contribution in [0.4, 0.5) is 11.5 Å². The lowest BCUT2D eigenvalue weighted by Crippen LogP contribution is -2.22. The zero-order valence-corrected chi connectivity index (χ0v) is 9.17. The highest BCUT2D eigenvalue weighted by Crippen LogP contribution is 2.10. The lowest BCUT2D eigenvalue weighted by molar-refractivity contribution is 0.561. The van der Waals surface area contributed by atoms with Crippen LogP contribution in [0.3, 0.4) is 0 Å². The summed E-state index contributed by atoms with van der Waals surface area (Å²) < 4.78 is 1.89. The number of aromatic nitrogens is 3. The minimum atomic E-state index is 0.279. The molecule has 0 aromatic carbocycles. The molecule has 0 aliphatic carbocycles. The highest BCUT2D eigenvalue weighted by molar-refractivity contribution is 5.50. The van der Waals surface area contributed by atoms with E-state index in [1.54, 1.807) is 12.4 Å². The quantitative estimate of drug-likeness (QED) is 0.811. The summed E-state index contributed by atoms with van der Waals surface area (Å²) in [4.78, 5) is 3.94. The van der Waals surface area contributed by atoms with Gasteiger partial charge in [-0.1, -0.05) is 0 Å². The summed E-state index contributed by atoms with van der Waals surface area (Å²) in [7, 11) is 0. The number of hydrogen-bond donors (Lipinski definition) is 2. The summed E-state index contributed by atoms with van der Waals surface area (Å²) in [5, 5.41) is 7.50. The number of anilines is 2. The van der Waals surface area contributed by atoms with E-state index in [1.165, 1.54) is 0 Å². The third kappa shape index (κ3) is 2.73. The molecule has 2 heterocycles. The summed E-state index contributed by atoms with van der Waals surface area (Å²) in [6, 6.07) is 5.91. The van der Waals surface area contributed by atoms with Crippen LogP contribution in [0.25, 0.3) is 0 Å². The fourth-order valence-corrected chi connectivity index (χ4v) is 1.56. The van der Waals surface area contributed by atoms with Gasteiger partial charge in [0.05, 0.1) is 6.54 Å². The first-order valence-electron chi connectivity index (χ1n) is 5.19. The summed E-state index contributed by atoms with van der Waals surface area (Å²) in [5.74, 6) is 0.524. The van der Waals surface area contributed by atoms with Crippen molar-refractivity contribution in [2.24, 2.45) is 0 Å². The maximum Gasteiger partial charge on any atom is 0.125 e. The molecule has 2 aromatic heterocycles. The van der Waals surface area contributed by atoms with Gasteiger partial charge in [-0.25, -0.2) is 4.98 Å². The number of nitrogens with one attached hydrogen (secondary N) is 1. The fourth-order valence-electron chi connectivity index (χ4n) is 1.56. The van der Waals surface area contributed by atoms with Crippen LogP contribution in [0, 0.1) is 0 Å². The smallest absolute Gasteiger partial charge is 0.125 e. The molecule has 0 aliphatic rings. The highest BCUT2D eigenvalue weighted by atomic mass is 15.3. The average Bonchev–Trinajstić information content (AvgIpc) is 2.70. The van der Waals surface area contributed by atoms with Crippen molar-refractivity contribution in [3.05, 3.63) is 36.8 Å². The van der Waals surface area contributed by atoms with Crippen LogP contribution in [-0.2, 0) is 6.54 Å². The highest BCUT2D eigenvalue weighted by Gasteiger charge is 2.03. The van der Waals surface area contributed by atoms with Crippen LogP contribution in [0.1, 0.15) is 6.92 Å². The lowest BCUT2D eigenvalue weighted by Gasteiger charge is -2.15. The Bertz CT molecular complexity index is 437. The molecule has 84 valence electrons. The SMILES string of the molecule is CC(Cn1cccn1)Nc1ccnc(N)c1. The third-order valence-corrected chi connectivity index (χ3v) is 2.21. The minimum Gasteiger partial charge on any atom is -0.384 e.